The number of benzene rings is 2. The minimum atomic E-state index is -1.41. The number of rotatable bonds is 8. The summed E-state index contributed by atoms with van der Waals surface area (Å²) in [4.78, 5) is 15.5. The van der Waals surface area contributed by atoms with Crippen molar-refractivity contribution in [3.8, 4) is 22.5 Å². The van der Waals surface area contributed by atoms with Crippen LogP contribution in [0.15, 0.2) is 54.6 Å². The van der Waals surface area contributed by atoms with Gasteiger partial charge in [-0.2, -0.15) is 0 Å². The SMILES string of the molecule is CC(C)(C)c1nc(-c2ccc(F)cc2)c(-c2ccc(F)cc2)n1/C=C/C(O)CC(O)CC(=O)[O-].[Na+]. The zero-order chi connectivity index (χ0) is 25.0. The minimum Gasteiger partial charge on any atom is -0.550 e. The maximum Gasteiger partial charge on any atom is 1.00 e. The number of carboxylic acid groups (broad SMARTS) is 1. The molecule has 2 unspecified atom stereocenters. The number of nitrogens with zero attached hydrogens (tertiary/aromatic N) is 2. The second-order valence-corrected chi connectivity index (χ2v) is 9.14. The van der Waals surface area contributed by atoms with Crippen LogP contribution >= 0.6 is 0 Å². The quantitative estimate of drug-likeness (QED) is 0.447. The van der Waals surface area contributed by atoms with Crippen molar-refractivity contribution in [2.45, 2.75) is 51.2 Å². The molecule has 3 aromatic rings. The van der Waals surface area contributed by atoms with E-state index in [4.69, 9.17) is 4.98 Å². The average Bonchev–Trinajstić information content (AvgIpc) is 3.12. The van der Waals surface area contributed by atoms with Gasteiger partial charge in [0.2, 0.25) is 0 Å². The fraction of sp³-hybridized carbons (Fsp3) is 0.308. The van der Waals surface area contributed by atoms with Gasteiger partial charge in [-0.25, -0.2) is 13.8 Å². The van der Waals surface area contributed by atoms with E-state index in [9.17, 15) is 28.9 Å². The van der Waals surface area contributed by atoms with Gasteiger partial charge in [-0.3, -0.25) is 0 Å². The number of aliphatic hydroxyl groups is 2. The number of imidazole rings is 1. The van der Waals surface area contributed by atoms with Crippen LogP contribution in [-0.2, 0) is 10.2 Å². The van der Waals surface area contributed by atoms with Gasteiger partial charge in [0.1, 0.15) is 17.5 Å². The summed E-state index contributed by atoms with van der Waals surface area (Å²) in [6.07, 6.45) is -0.160. The third-order valence-corrected chi connectivity index (χ3v) is 5.19. The summed E-state index contributed by atoms with van der Waals surface area (Å²) in [6.45, 7) is 5.88. The van der Waals surface area contributed by atoms with Crippen LogP contribution in [0.4, 0.5) is 8.78 Å². The van der Waals surface area contributed by atoms with Crippen LogP contribution in [0.1, 0.15) is 39.4 Å². The summed E-state index contributed by atoms with van der Waals surface area (Å²) in [5, 5.41) is 30.8. The van der Waals surface area contributed by atoms with Crippen molar-refractivity contribution < 1.29 is 58.5 Å². The topological polar surface area (TPSA) is 98.4 Å². The van der Waals surface area contributed by atoms with E-state index in [1.54, 1.807) is 35.0 Å². The summed E-state index contributed by atoms with van der Waals surface area (Å²) in [5.41, 5.74) is 2.02. The van der Waals surface area contributed by atoms with Gasteiger partial charge >= 0.3 is 29.6 Å². The van der Waals surface area contributed by atoms with Crippen molar-refractivity contribution in [1.29, 1.82) is 0 Å². The number of aliphatic carboxylic acids is 1. The minimum absolute atomic E-state index is 0. The zero-order valence-electron chi connectivity index (χ0n) is 20.2. The molecule has 2 aromatic carbocycles. The Balaban J connectivity index is 0.00000432. The summed E-state index contributed by atoms with van der Waals surface area (Å²) in [6, 6.07) is 11.7. The van der Waals surface area contributed by atoms with E-state index < -0.39 is 35.8 Å². The van der Waals surface area contributed by atoms with Gasteiger partial charge in [-0.1, -0.05) is 20.8 Å². The number of carboxylic acids is 1. The molecule has 1 aromatic heterocycles. The molecule has 0 saturated heterocycles. The third-order valence-electron chi connectivity index (χ3n) is 5.19. The molecular weight excluding hydrogens is 465 g/mol. The Morgan fingerprint density at radius 3 is 2.03 bits per heavy atom. The summed E-state index contributed by atoms with van der Waals surface area (Å²) < 4.78 is 29.0. The van der Waals surface area contributed by atoms with Crippen molar-refractivity contribution in [1.82, 2.24) is 9.55 Å². The normalized spacial score (nSPS) is 13.5. The predicted octanol–water partition coefficient (Wildman–Crippen LogP) is 0.519. The largest absolute Gasteiger partial charge is 1.00 e. The van der Waals surface area contributed by atoms with Crippen molar-refractivity contribution in [2.75, 3.05) is 0 Å². The Bertz CT molecular complexity index is 1170. The molecule has 0 aliphatic rings. The Hall–Kier alpha value is -2.36. The van der Waals surface area contributed by atoms with Crippen molar-refractivity contribution in [3.63, 3.8) is 0 Å². The van der Waals surface area contributed by atoms with Crippen LogP contribution < -0.4 is 34.7 Å². The van der Waals surface area contributed by atoms with Crippen molar-refractivity contribution >= 4 is 12.2 Å². The Morgan fingerprint density at radius 1 is 1.03 bits per heavy atom. The summed E-state index contributed by atoms with van der Waals surface area (Å²) >= 11 is 0. The number of halogens is 2. The molecule has 0 fully saturated rings. The molecule has 2 atom stereocenters. The molecule has 180 valence electrons. The van der Waals surface area contributed by atoms with Crippen molar-refractivity contribution in [3.05, 3.63) is 72.1 Å². The maximum atomic E-state index is 13.7. The number of carbonyl (C=O) groups is 1. The smallest absolute Gasteiger partial charge is 0.550 e. The van der Waals surface area contributed by atoms with Crippen LogP contribution in [0.3, 0.4) is 0 Å². The number of hydrogen-bond acceptors (Lipinski definition) is 5. The third kappa shape index (κ3) is 7.56. The summed E-state index contributed by atoms with van der Waals surface area (Å²) in [7, 11) is 0. The summed E-state index contributed by atoms with van der Waals surface area (Å²) in [5.74, 6) is -1.57. The molecule has 0 bridgehead atoms. The molecule has 0 aliphatic carbocycles. The van der Waals surface area contributed by atoms with Crippen LogP contribution in [0.5, 0.6) is 0 Å². The Morgan fingerprint density at radius 2 is 1.54 bits per heavy atom. The van der Waals surface area contributed by atoms with Crippen molar-refractivity contribution in [2.24, 2.45) is 0 Å². The molecule has 0 saturated carbocycles. The first kappa shape index (κ1) is 28.9. The molecule has 3 rings (SSSR count). The molecule has 2 N–H and O–H groups in total. The number of aromatic nitrogens is 2. The second kappa shape index (κ2) is 12.1. The van der Waals surface area contributed by atoms with Crippen LogP contribution in [0, 0.1) is 11.6 Å². The second-order valence-electron chi connectivity index (χ2n) is 9.14. The standard InChI is InChI=1S/C26H28F2N2O4.Na/c1-26(2,3)25-29-23(16-4-8-18(27)9-5-16)24(17-6-10-19(28)11-7-17)30(25)13-12-20(31)14-21(32)15-22(33)34;/h4-13,20-21,31-32H,14-15H2,1-3H3,(H,33,34);/q;+1/p-1/b13-12+;. The maximum absolute atomic E-state index is 13.7. The predicted molar refractivity (Wildman–Crippen MR) is 123 cm³/mol. The van der Waals surface area contributed by atoms with Crippen LogP contribution in [-0.4, -0.2) is 37.9 Å². The van der Waals surface area contributed by atoms with Gasteiger partial charge in [-0.15, -0.1) is 0 Å². The average molecular weight is 492 g/mol. The first-order valence-electron chi connectivity index (χ1n) is 10.8. The molecule has 0 aliphatic heterocycles. The van der Waals surface area contributed by atoms with E-state index in [0.717, 1.165) is 0 Å². The van der Waals surface area contributed by atoms with Gasteiger partial charge in [0.05, 0.1) is 23.6 Å². The van der Waals surface area contributed by atoms with E-state index in [1.807, 2.05) is 20.8 Å². The Labute approximate surface area is 225 Å². The Kier molecular flexibility index (Phi) is 9.94. The van der Waals surface area contributed by atoms with E-state index in [1.165, 1.54) is 30.3 Å². The fourth-order valence-corrected chi connectivity index (χ4v) is 3.62. The van der Waals surface area contributed by atoms with Gasteiger partial charge < -0.3 is 24.7 Å². The number of hydrogen-bond donors (Lipinski definition) is 2. The zero-order valence-corrected chi connectivity index (χ0v) is 22.2. The molecule has 1 heterocycles. The molecule has 9 heteroatoms. The van der Waals surface area contributed by atoms with E-state index >= 15 is 0 Å². The van der Waals surface area contributed by atoms with E-state index in [0.29, 0.717) is 28.3 Å². The number of aliphatic hydroxyl groups excluding tert-OH is 2. The van der Waals surface area contributed by atoms with Crippen LogP contribution in [0.25, 0.3) is 28.7 Å². The van der Waals surface area contributed by atoms with Crippen LogP contribution in [0.2, 0.25) is 0 Å². The first-order valence-corrected chi connectivity index (χ1v) is 10.8. The molecule has 0 amide bonds. The van der Waals surface area contributed by atoms with Gasteiger partial charge in [0.15, 0.2) is 0 Å². The van der Waals surface area contributed by atoms with Gasteiger partial charge in [0, 0.05) is 41.6 Å². The fourth-order valence-electron chi connectivity index (χ4n) is 3.62. The monoisotopic (exact) mass is 492 g/mol. The van der Waals surface area contributed by atoms with Gasteiger partial charge in [-0.05, 0) is 54.6 Å². The molecule has 35 heavy (non-hydrogen) atoms. The molecule has 0 radical (unpaired) electrons. The number of carbonyl (C=O) groups excluding carboxylic acids is 1. The molecular formula is C26H27F2N2NaO4. The van der Waals surface area contributed by atoms with E-state index in [2.05, 4.69) is 0 Å². The van der Waals surface area contributed by atoms with Gasteiger partial charge in [0.25, 0.3) is 0 Å². The molecule has 6 nitrogen and oxygen atoms in total. The molecule has 0 spiro atoms. The van der Waals surface area contributed by atoms with E-state index in [-0.39, 0.29) is 41.8 Å². The first-order chi connectivity index (χ1) is 16.0.